The lowest BCUT2D eigenvalue weighted by atomic mass is 9.83. The van der Waals surface area contributed by atoms with Crippen LogP contribution in [0.3, 0.4) is 0 Å². The Morgan fingerprint density at radius 3 is 1.68 bits per heavy atom. The fraction of sp³-hybridized carbons (Fsp3) is 0.0667. The molecule has 0 saturated carbocycles. The predicted molar refractivity (Wildman–Crippen MR) is 144 cm³/mol. The molecular formula is C30H33Cl. The maximum atomic E-state index is 5.91. The molecule has 160 valence electrons. The zero-order valence-electron chi connectivity index (χ0n) is 18.8. The summed E-state index contributed by atoms with van der Waals surface area (Å²) in [4.78, 5) is 0. The summed E-state index contributed by atoms with van der Waals surface area (Å²) in [6, 6.07) is 0. The van der Waals surface area contributed by atoms with Crippen LogP contribution in [-0.4, -0.2) is 0 Å². The van der Waals surface area contributed by atoms with Gasteiger partial charge in [0.15, 0.2) is 0 Å². The Kier molecular flexibility index (Phi) is 13.8. The van der Waals surface area contributed by atoms with E-state index in [2.05, 4.69) is 46.1 Å². The normalized spacial score (nSPS) is 14.3. The highest BCUT2D eigenvalue weighted by Crippen LogP contribution is 2.35. The van der Waals surface area contributed by atoms with Gasteiger partial charge in [-0.3, -0.25) is 0 Å². The van der Waals surface area contributed by atoms with Crippen molar-refractivity contribution in [3.63, 3.8) is 0 Å². The smallest absolute Gasteiger partial charge is 0.00486 e. The molecule has 0 amide bonds. The van der Waals surface area contributed by atoms with Gasteiger partial charge in [-0.15, -0.1) is 0 Å². The van der Waals surface area contributed by atoms with Gasteiger partial charge in [-0.1, -0.05) is 124 Å². The van der Waals surface area contributed by atoms with Gasteiger partial charge in [0.25, 0.3) is 0 Å². The van der Waals surface area contributed by atoms with E-state index in [0.29, 0.717) is 0 Å². The molecule has 0 unspecified atom stereocenters. The summed E-state index contributed by atoms with van der Waals surface area (Å²) in [5, 5.41) is 0. The summed E-state index contributed by atoms with van der Waals surface area (Å²) in [6.07, 6.45) is 22.3. The van der Waals surface area contributed by atoms with Crippen molar-refractivity contribution < 1.29 is 0 Å². The first-order valence-corrected chi connectivity index (χ1v) is 10.3. The van der Waals surface area contributed by atoms with Crippen LogP contribution in [0, 0.1) is 0 Å². The minimum Gasteiger partial charge on any atom is -0.0990 e. The lowest BCUT2D eigenvalue weighted by molar-refractivity contribution is 1.32. The van der Waals surface area contributed by atoms with Crippen molar-refractivity contribution in [1.29, 1.82) is 0 Å². The van der Waals surface area contributed by atoms with Gasteiger partial charge in [-0.2, -0.15) is 0 Å². The van der Waals surface area contributed by atoms with Gasteiger partial charge < -0.3 is 0 Å². The maximum absolute atomic E-state index is 5.91. The van der Waals surface area contributed by atoms with Crippen LogP contribution >= 0.6 is 11.6 Å². The molecule has 1 heteroatoms. The average Bonchev–Trinajstić information content (AvgIpc) is 2.77. The van der Waals surface area contributed by atoms with Crippen LogP contribution < -0.4 is 0 Å². The molecule has 0 heterocycles. The standard InChI is InChI=1S/C30H33Cl/c1-10-17-25(21-22-31)26(15-6)29(19-12-3)27(16-7)30(20-13-4)28(18-11-2)24(9)23(8)14-5/h10-22H,1-3,5,7-9H2,4,6H3/b20-13-,22-21-,25-17+,26-15-,28-18+,29-19+,30-27-. The second kappa shape index (κ2) is 15.5. The molecular weight excluding hydrogens is 396 g/mol. The molecule has 0 fully saturated rings. The highest BCUT2D eigenvalue weighted by Gasteiger charge is 2.17. The Morgan fingerprint density at radius 1 is 0.677 bits per heavy atom. The number of hydrogen-bond donors (Lipinski definition) is 0. The maximum Gasteiger partial charge on any atom is 0.00486 e. The Balaban J connectivity index is 7.43. The quantitative estimate of drug-likeness (QED) is 0.256. The SMILES string of the molecule is C=C/C=C(\C=C/Cl)C(=C/C)/C(=C\C=C)C(/C=C)=C(/C=C\C)C(=C\C=C)\C(=C)C(=C)C=C. The summed E-state index contributed by atoms with van der Waals surface area (Å²) in [5.41, 5.74) is 8.45. The second-order valence-electron chi connectivity index (χ2n) is 6.22. The molecule has 0 saturated heterocycles. The third-order valence-corrected chi connectivity index (χ3v) is 4.49. The highest BCUT2D eigenvalue weighted by atomic mass is 35.5. The molecule has 0 aromatic rings. The first-order valence-electron chi connectivity index (χ1n) is 9.85. The largest absolute Gasteiger partial charge is 0.0990 e. The van der Waals surface area contributed by atoms with E-state index in [1.165, 1.54) is 5.54 Å². The lowest BCUT2D eigenvalue weighted by Crippen LogP contribution is -2.02. The molecule has 0 atom stereocenters. The zero-order chi connectivity index (χ0) is 23.8. The van der Waals surface area contributed by atoms with Gasteiger partial charge >= 0.3 is 0 Å². The Bertz CT molecular complexity index is 960. The van der Waals surface area contributed by atoms with E-state index in [4.69, 9.17) is 11.6 Å². The van der Waals surface area contributed by atoms with Crippen molar-refractivity contribution in [2.45, 2.75) is 13.8 Å². The molecule has 0 aliphatic heterocycles. The van der Waals surface area contributed by atoms with E-state index < -0.39 is 0 Å². The van der Waals surface area contributed by atoms with Crippen LogP contribution in [0.25, 0.3) is 0 Å². The van der Waals surface area contributed by atoms with E-state index in [-0.39, 0.29) is 0 Å². The summed E-state index contributed by atoms with van der Waals surface area (Å²) in [7, 11) is 0. The highest BCUT2D eigenvalue weighted by molar-refractivity contribution is 6.25. The molecule has 0 aromatic carbocycles. The van der Waals surface area contributed by atoms with Crippen molar-refractivity contribution in [2.75, 3.05) is 0 Å². The molecule has 0 nitrogen and oxygen atoms in total. The fourth-order valence-corrected chi connectivity index (χ4v) is 3.11. The first-order chi connectivity index (χ1) is 14.9. The van der Waals surface area contributed by atoms with Crippen LogP contribution in [0.2, 0.25) is 0 Å². The molecule has 0 aliphatic carbocycles. The third kappa shape index (κ3) is 7.77. The third-order valence-electron chi connectivity index (χ3n) is 4.37. The van der Waals surface area contributed by atoms with Crippen LogP contribution in [0.1, 0.15) is 13.8 Å². The summed E-state index contributed by atoms with van der Waals surface area (Å²) in [5.74, 6) is 0. The van der Waals surface area contributed by atoms with Crippen molar-refractivity contribution in [3.05, 3.63) is 169 Å². The molecule has 0 radical (unpaired) electrons. The van der Waals surface area contributed by atoms with Crippen LogP contribution in [0.4, 0.5) is 0 Å². The number of halogens is 1. The Morgan fingerprint density at radius 2 is 1.26 bits per heavy atom. The summed E-state index contributed by atoms with van der Waals surface area (Å²) < 4.78 is 0. The molecule has 0 bridgehead atoms. The number of hydrogen-bond acceptors (Lipinski definition) is 0. The summed E-state index contributed by atoms with van der Waals surface area (Å²) in [6.45, 7) is 31.8. The molecule has 0 aliphatic rings. The topological polar surface area (TPSA) is 0 Å². The van der Waals surface area contributed by atoms with Gasteiger partial charge in [-0.25, -0.2) is 0 Å². The van der Waals surface area contributed by atoms with Gasteiger partial charge in [0.2, 0.25) is 0 Å². The van der Waals surface area contributed by atoms with Crippen LogP contribution in [-0.2, 0) is 0 Å². The molecule has 0 spiro atoms. The Labute approximate surface area is 194 Å². The van der Waals surface area contributed by atoms with Crippen molar-refractivity contribution in [2.24, 2.45) is 0 Å². The van der Waals surface area contributed by atoms with Gasteiger partial charge in [0.05, 0.1) is 0 Å². The number of allylic oxidation sites excluding steroid dienone is 20. The lowest BCUT2D eigenvalue weighted by Gasteiger charge is -2.20. The first kappa shape index (κ1) is 27.7. The van der Waals surface area contributed by atoms with Crippen molar-refractivity contribution in [1.82, 2.24) is 0 Å². The predicted octanol–water partition coefficient (Wildman–Crippen LogP) is 9.38. The van der Waals surface area contributed by atoms with Gasteiger partial charge in [0.1, 0.15) is 0 Å². The molecule has 0 rings (SSSR count). The van der Waals surface area contributed by atoms with Crippen LogP contribution in [0.5, 0.6) is 0 Å². The van der Waals surface area contributed by atoms with E-state index in [0.717, 1.165) is 44.6 Å². The van der Waals surface area contributed by atoms with Gasteiger partial charge in [-0.05, 0) is 64.5 Å². The molecule has 31 heavy (non-hydrogen) atoms. The zero-order valence-corrected chi connectivity index (χ0v) is 19.6. The molecule has 0 N–H and O–H groups in total. The van der Waals surface area contributed by atoms with Gasteiger partial charge in [0, 0.05) is 5.54 Å². The van der Waals surface area contributed by atoms with E-state index in [1.54, 1.807) is 24.3 Å². The number of rotatable bonds is 13. The molecule has 0 aromatic heterocycles. The fourth-order valence-electron chi connectivity index (χ4n) is 2.97. The monoisotopic (exact) mass is 428 g/mol. The minimum atomic E-state index is 0.733. The van der Waals surface area contributed by atoms with Crippen LogP contribution in [0.15, 0.2) is 169 Å². The van der Waals surface area contributed by atoms with E-state index in [1.807, 2.05) is 62.5 Å². The summed E-state index contributed by atoms with van der Waals surface area (Å²) >= 11 is 5.91. The minimum absolute atomic E-state index is 0.733. The van der Waals surface area contributed by atoms with E-state index >= 15 is 0 Å². The Hall–Kier alpha value is -3.35. The van der Waals surface area contributed by atoms with E-state index in [9.17, 15) is 0 Å². The van der Waals surface area contributed by atoms with Crippen molar-refractivity contribution >= 4 is 11.6 Å². The van der Waals surface area contributed by atoms with Crippen molar-refractivity contribution in [3.8, 4) is 0 Å². The average molecular weight is 429 g/mol. The second-order valence-corrected chi connectivity index (χ2v) is 6.48.